The van der Waals surface area contributed by atoms with E-state index in [-0.39, 0.29) is 6.61 Å². The number of furan rings is 1. The summed E-state index contributed by atoms with van der Waals surface area (Å²) in [6, 6.07) is 12.3. The van der Waals surface area contributed by atoms with Crippen molar-refractivity contribution in [1.82, 2.24) is 4.90 Å². The van der Waals surface area contributed by atoms with Crippen LogP contribution in [0.15, 0.2) is 46.9 Å². The number of aliphatic hydroxyl groups is 2. The molecule has 4 atom stereocenters. The summed E-state index contributed by atoms with van der Waals surface area (Å²) in [4.78, 5) is 26.6. The minimum Gasteiger partial charge on any atom is -0.463 e. The molecule has 1 aromatic heterocycles. The van der Waals surface area contributed by atoms with Crippen LogP contribution in [0.25, 0.3) is 0 Å². The number of carbonyl (C=O) groups is 2. The van der Waals surface area contributed by atoms with E-state index in [0.29, 0.717) is 5.76 Å². The Morgan fingerprint density at radius 1 is 1.10 bits per heavy atom. The normalized spacial score (nSPS) is 20.5. The van der Waals surface area contributed by atoms with Gasteiger partial charge < -0.3 is 19.4 Å². The summed E-state index contributed by atoms with van der Waals surface area (Å²) in [5.74, 6) is -0.305. The number of benzene rings is 1. The van der Waals surface area contributed by atoms with Gasteiger partial charge in [-0.2, -0.15) is 0 Å². The van der Waals surface area contributed by atoms with Gasteiger partial charge in [0.1, 0.15) is 23.7 Å². The molecule has 0 bridgehead atoms. The SMILES string of the molecule is C[C@H](C(=O)N1C(=O)O[C@H](c2ccccc2)[C@@H]1C)[C@H](O)c1ccc(CCCCCCO)o1. The predicted octanol–water partition coefficient (Wildman–Crippen LogP) is 4.15. The van der Waals surface area contributed by atoms with Crippen LogP contribution in [0.5, 0.6) is 0 Å². The first-order valence-corrected chi connectivity index (χ1v) is 10.9. The number of hydrogen-bond donors (Lipinski definition) is 2. The summed E-state index contributed by atoms with van der Waals surface area (Å²) in [5.41, 5.74) is 0.821. The van der Waals surface area contributed by atoms with E-state index >= 15 is 0 Å². The molecule has 7 nitrogen and oxygen atoms in total. The third-order valence-corrected chi connectivity index (χ3v) is 5.80. The summed E-state index contributed by atoms with van der Waals surface area (Å²) in [7, 11) is 0. The Labute approximate surface area is 182 Å². The molecule has 0 spiro atoms. The monoisotopic (exact) mass is 429 g/mol. The zero-order valence-electron chi connectivity index (χ0n) is 18.1. The molecule has 2 aromatic rings. The molecule has 2 heterocycles. The van der Waals surface area contributed by atoms with Gasteiger partial charge in [0.25, 0.3) is 0 Å². The van der Waals surface area contributed by atoms with Gasteiger partial charge in [0, 0.05) is 13.0 Å². The Morgan fingerprint density at radius 3 is 2.52 bits per heavy atom. The zero-order chi connectivity index (χ0) is 22.4. The van der Waals surface area contributed by atoms with Gasteiger partial charge >= 0.3 is 6.09 Å². The number of unbranched alkanes of at least 4 members (excludes halogenated alkanes) is 3. The smallest absolute Gasteiger partial charge is 0.417 e. The van der Waals surface area contributed by atoms with Crippen LogP contribution in [0.2, 0.25) is 0 Å². The van der Waals surface area contributed by atoms with Gasteiger partial charge in [-0.15, -0.1) is 0 Å². The second-order valence-electron chi connectivity index (χ2n) is 8.09. The van der Waals surface area contributed by atoms with Crippen molar-refractivity contribution in [3.8, 4) is 0 Å². The number of carbonyl (C=O) groups excluding carboxylic acids is 2. The minimum atomic E-state index is -1.16. The molecule has 2 N–H and O–H groups in total. The average Bonchev–Trinajstić information content (AvgIpc) is 3.37. The maximum atomic E-state index is 13.0. The fourth-order valence-electron chi connectivity index (χ4n) is 3.90. The van der Waals surface area contributed by atoms with Crippen LogP contribution in [0, 0.1) is 5.92 Å². The van der Waals surface area contributed by atoms with Gasteiger partial charge in [0.15, 0.2) is 0 Å². The summed E-state index contributed by atoms with van der Waals surface area (Å²) >= 11 is 0. The fourth-order valence-corrected chi connectivity index (χ4v) is 3.90. The maximum Gasteiger partial charge on any atom is 0.417 e. The van der Waals surface area contributed by atoms with E-state index in [0.717, 1.165) is 48.3 Å². The van der Waals surface area contributed by atoms with E-state index in [1.165, 1.54) is 0 Å². The highest BCUT2D eigenvalue weighted by molar-refractivity contribution is 5.95. The topological polar surface area (TPSA) is 100 Å². The fraction of sp³-hybridized carbons (Fsp3) is 0.500. The highest BCUT2D eigenvalue weighted by atomic mass is 16.6. The van der Waals surface area contributed by atoms with Crippen molar-refractivity contribution in [3.05, 3.63) is 59.5 Å². The largest absolute Gasteiger partial charge is 0.463 e. The van der Waals surface area contributed by atoms with Crippen molar-refractivity contribution < 1.29 is 29.0 Å². The van der Waals surface area contributed by atoms with E-state index in [2.05, 4.69) is 0 Å². The summed E-state index contributed by atoms with van der Waals surface area (Å²) in [6.07, 6.45) is 2.01. The molecule has 168 valence electrons. The first kappa shape index (κ1) is 23.0. The molecule has 1 aliphatic heterocycles. The van der Waals surface area contributed by atoms with Crippen molar-refractivity contribution in [3.63, 3.8) is 0 Å². The number of aryl methyl sites for hydroxylation is 1. The summed E-state index contributed by atoms with van der Waals surface area (Å²) < 4.78 is 11.2. The first-order valence-electron chi connectivity index (χ1n) is 10.9. The molecule has 0 aliphatic carbocycles. The standard InChI is InChI=1S/C24H31NO6/c1-16(21(27)20-14-13-19(30-20)12-8-3-4-9-15-26)23(28)25-17(2)22(31-24(25)29)18-10-6-5-7-11-18/h5-7,10-11,13-14,16-17,21-22,26-27H,3-4,8-9,12,15H2,1-2H3/t16-,17-,21-,22-/m0/s1. The molecule has 0 saturated carbocycles. The lowest BCUT2D eigenvalue weighted by molar-refractivity contribution is -0.137. The van der Waals surface area contributed by atoms with Crippen molar-refractivity contribution in [1.29, 1.82) is 0 Å². The summed E-state index contributed by atoms with van der Waals surface area (Å²) in [5, 5.41) is 19.5. The second-order valence-corrected chi connectivity index (χ2v) is 8.09. The second kappa shape index (κ2) is 10.6. The molecule has 3 rings (SSSR count). The van der Waals surface area contributed by atoms with E-state index in [1.807, 2.05) is 30.3 Å². The van der Waals surface area contributed by atoms with Crippen LogP contribution in [0.4, 0.5) is 4.79 Å². The lowest BCUT2D eigenvalue weighted by Gasteiger charge is -2.24. The third-order valence-electron chi connectivity index (χ3n) is 5.80. The van der Waals surface area contributed by atoms with Crippen molar-refractivity contribution >= 4 is 12.0 Å². The first-order chi connectivity index (χ1) is 14.9. The van der Waals surface area contributed by atoms with Gasteiger partial charge in [-0.3, -0.25) is 4.79 Å². The predicted molar refractivity (Wildman–Crippen MR) is 114 cm³/mol. The molecule has 1 fully saturated rings. The van der Waals surface area contributed by atoms with Gasteiger partial charge in [-0.25, -0.2) is 9.69 Å². The molecule has 1 saturated heterocycles. The van der Waals surface area contributed by atoms with Crippen LogP contribution >= 0.6 is 0 Å². The molecule has 1 aliphatic rings. The minimum absolute atomic E-state index is 0.207. The Morgan fingerprint density at radius 2 is 1.81 bits per heavy atom. The Hall–Kier alpha value is -2.64. The van der Waals surface area contributed by atoms with E-state index < -0.39 is 36.2 Å². The van der Waals surface area contributed by atoms with Gasteiger partial charge in [0.2, 0.25) is 5.91 Å². The van der Waals surface area contributed by atoms with E-state index in [4.69, 9.17) is 14.3 Å². The molecule has 31 heavy (non-hydrogen) atoms. The maximum absolute atomic E-state index is 13.0. The summed E-state index contributed by atoms with van der Waals surface area (Å²) in [6.45, 7) is 3.56. The van der Waals surface area contributed by atoms with E-state index in [9.17, 15) is 14.7 Å². The van der Waals surface area contributed by atoms with Crippen molar-refractivity contribution in [2.45, 2.75) is 64.2 Å². The van der Waals surface area contributed by atoms with Gasteiger partial charge in [-0.05, 0) is 37.5 Å². The van der Waals surface area contributed by atoms with Crippen LogP contribution in [-0.4, -0.2) is 39.8 Å². The molecular formula is C24H31NO6. The highest BCUT2D eigenvalue weighted by Gasteiger charge is 2.45. The third kappa shape index (κ3) is 5.35. The van der Waals surface area contributed by atoms with Crippen LogP contribution in [0.1, 0.15) is 68.8 Å². The molecular weight excluding hydrogens is 398 g/mol. The lowest BCUT2D eigenvalue weighted by atomic mass is 9.98. The number of amides is 2. The lowest BCUT2D eigenvalue weighted by Crippen LogP contribution is -2.42. The van der Waals surface area contributed by atoms with E-state index in [1.54, 1.807) is 26.0 Å². The highest BCUT2D eigenvalue weighted by Crippen LogP contribution is 2.35. The molecule has 2 amide bonds. The zero-order valence-corrected chi connectivity index (χ0v) is 18.1. The Balaban J connectivity index is 1.61. The van der Waals surface area contributed by atoms with Gasteiger partial charge in [-0.1, -0.05) is 50.1 Å². The quantitative estimate of drug-likeness (QED) is 0.550. The molecule has 7 heteroatoms. The van der Waals surface area contributed by atoms with Gasteiger partial charge in [0.05, 0.1) is 12.0 Å². The van der Waals surface area contributed by atoms with Crippen LogP contribution in [-0.2, 0) is 16.0 Å². The molecule has 0 radical (unpaired) electrons. The Kier molecular flexibility index (Phi) is 7.87. The number of imide groups is 1. The number of aliphatic hydroxyl groups excluding tert-OH is 2. The average molecular weight is 430 g/mol. The van der Waals surface area contributed by atoms with Crippen LogP contribution < -0.4 is 0 Å². The number of rotatable bonds is 10. The molecule has 1 aromatic carbocycles. The molecule has 0 unspecified atom stereocenters. The van der Waals surface area contributed by atoms with Crippen LogP contribution in [0.3, 0.4) is 0 Å². The number of hydrogen-bond acceptors (Lipinski definition) is 6. The number of ether oxygens (including phenoxy) is 1. The van der Waals surface area contributed by atoms with Crippen molar-refractivity contribution in [2.24, 2.45) is 5.92 Å². The van der Waals surface area contributed by atoms with Crippen molar-refractivity contribution in [2.75, 3.05) is 6.61 Å². The number of cyclic esters (lactones) is 1. The number of nitrogens with zero attached hydrogens (tertiary/aromatic N) is 1. The Bertz CT molecular complexity index is 864.